The van der Waals surface area contributed by atoms with Gasteiger partial charge in [0, 0.05) is 29.7 Å². The highest BCUT2D eigenvalue weighted by Gasteiger charge is 2.30. The van der Waals surface area contributed by atoms with Crippen LogP contribution in [0, 0.1) is 11.8 Å². The SMILES string of the molecule is COc1cc(S(=O)(=O)NCC(O)CO)ccc1NCC#Cc1cc2c(NC3CCS(=O)(=O)CC3)cccc2n1CC(F)(F)F. The van der Waals surface area contributed by atoms with Crippen LogP contribution in [0.2, 0.25) is 0 Å². The van der Waals surface area contributed by atoms with E-state index in [1.165, 1.54) is 25.3 Å². The number of hydrogen-bond acceptors (Lipinski definition) is 9. The lowest BCUT2D eigenvalue weighted by atomic mass is 10.1. The molecular formula is C28H33F3N4O7S2. The van der Waals surface area contributed by atoms with Crippen LogP contribution in [-0.2, 0) is 26.4 Å². The molecule has 0 radical (unpaired) electrons. The molecule has 1 aliphatic heterocycles. The summed E-state index contributed by atoms with van der Waals surface area (Å²) in [6.45, 7) is -2.27. The number of rotatable bonds is 11. The zero-order valence-electron chi connectivity index (χ0n) is 23.7. The minimum absolute atomic E-state index is 0.0153. The van der Waals surface area contributed by atoms with Crippen molar-refractivity contribution in [2.24, 2.45) is 0 Å². The average molecular weight is 659 g/mol. The standard InChI is InChI=1S/C28H33F3N4O7S2/c1-42-27-15-22(44(40,41)33-16-21(37)17-36)7-8-25(27)32-11-3-4-20-14-23-24(34-19-9-12-43(38,39)13-10-19)5-2-6-26(23)35(20)18-28(29,30)31/h2,5-8,14-15,19,21,32-34,36-37H,9-13,16-18H2,1H3. The Hall–Kier alpha value is -3.49. The van der Waals surface area contributed by atoms with Crippen LogP contribution in [0.15, 0.2) is 47.4 Å². The van der Waals surface area contributed by atoms with Crippen LogP contribution in [0.25, 0.3) is 10.9 Å². The summed E-state index contributed by atoms with van der Waals surface area (Å²) in [5.74, 6) is 5.87. The van der Waals surface area contributed by atoms with Gasteiger partial charge in [-0.05, 0) is 49.1 Å². The molecular weight excluding hydrogens is 625 g/mol. The molecule has 0 spiro atoms. The van der Waals surface area contributed by atoms with Gasteiger partial charge in [-0.1, -0.05) is 12.0 Å². The van der Waals surface area contributed by atoms with Gasteiger partial charge < -0.3 is 30.2 Å². The number of nitrogens with zero attached hydrogens (tertiary/aromatic N) is 1. The van der Waals surface area contributed by atoms with Gasteiger partial charge in [-0.15, -0.1) is 0 Å². The second-order valence-electron chi connectivity index (χ2n) is 10.2. The quantitative estimate of drug-likeness (QED) is 0.195. The number of sulfonamides is 1. The minimum Gasteiger partial charge on any atom is -0.495 e. The zero-order chi connectivity index (χ0) is 32.1. The third kappa shape index (κ3) is 8.57. The van der Waals surface area contributed by atoms with Gasteiger partial charge in [0.2, 0.25) is 10.0 Å². The maximum absolute atomic E-state index is 13.5. The van der Waals surface area contributed by atoms with Crippen molar-refractivity contribution in [1.29, 1.82) is 0 Å². The van der Waals surface area contributed by atoms with Crippen molar-refractivity contribution in [3.8, 4) is 17.6 Å². The Morgan fingerprint density at radius 1 is 1.14 bits per heavy atom. The summed E-state index contributed by atoms with van der Waals surface area (Å²) < 4.78 is 97.8. The molecule has 0 amide bonds. The Kier molecular flexibility index (Phi) is 10.4. The van der Waals surface area contributed by atoms with Gasteiger partial charge in [0.25, 0.3) is 0 Å². The predicted molar refractivity (Wildman–Crippen MR) is 160 cm³/mol. The highest BCUT2D eigenvalue weighted by atomic mass is 32.2. The van der Waals surface area contributed by atoms with E-state index in [2.05, 4.69) is 27.2 Å². The van der Waals surface area contributed by atoms with E-state index in [0.717, 1.165) is 4.57 Å². The van der Waals surface area contributed by atoms with Crippen LogP contribution in [0.5, 0.6) is 5.75 Å². The molecule has 3 aromatic rings. The highest BCUT2D eigenvalue weighted by Crippen LogP contribution is 2.32. The molecule has 2 aromatic carbocycles. The van der Waals surface area contributed by atoms with Gasteiger partial charge >= 0.3 is 6.18 Å². The molecule has 16 heteroatoms. The molecule has 1 saturated heterocycles. The van der Waals surface area contributed by atoms with Crippen LogP contribution in [-0.4, -0.2) is 88.2 Å². The minimum atomic E-state index is -4.51. The van der Waals surface area contributed by atoms with Crippen molar-refractivity contribution in [1.82, 2.24) is 9.29 Å². The zero-order valence-corrected chi connectivity index (χ0v) is 25.3. The Bertz CT molecular complexity index is 1750. The van der Waals surface area contributed by atoms with Gasteiger partial charge in [-0.2, -0.15) is 13.2 Å². The van der Waals surface area contributed by atoms with E-state index in [1.54, 1.807) is 24.3 Å². The maximum Gasteiger partial charge on any atom is 0.406 e. The van der Waals surface area contributed by atoms with E-state index in [0.29, 0.717) is 35.1 Å². The molecule has 1 unspecified atom stereocenters. The molecule has 1 fully saturated rings. The molecule has 44 heavy (non-hydrogen) atoms. The molecule has 0 bridgehead atoms. The molecule has 0 saturated carbocycles. The Balaban J connectivity index is 1.54. The first kappa shape index (κ1) is 33.4. The Morgan fingerprint density at radius 2 is 1.86 bits per heavy atom. The number of hydrogen-bond donors (Lipinski definition) is 5. The molecule has 11 nitrogen and oxygen atoms in total. The van der Waals surface area contributed by atoms with Crippen molar-refractivity contribution in [2.45, 2.75) is 42.6 Å². The van der Waals surface area contributed by atoms with Gasteiger partial charge in [0.15, 0.2) is 0 Å². The van der Waals surface area contributed by atoms with Gasteiger partial charge in [-0.25, -0.2) is 21.6 Å². The summed E-state index contributed by atoms with van der Waals surface area (Å²) in [6, 6.07) is 10.4. The third-order valence-corrected chi connectivity index (χ3v) is 10.1. The van der Waals surface area contributed by atoms with Crippen LogP contribution < -0.4 is 20.1 Å². The van der Waals surface area contributed by atoms with Crippen LogP contribution in [0.1, 0.15) is 18.5 Å². The molecule has 240 valence electrons. The molecule has 5 N–H and O–H groups in total. The number of benzene rings is 2. The van der Waals surface area contributed by atoms with E-state index in [4.69, 9.17) is 9.84 Å². The Morgan fingerprint density at radius 3 is 2.52 bits per heavy atom. The number of sulfone groups is 1. The monoisotopic (exact) mass is 658 g/mol. The summed E-state index contributed by atoms with van der Waals surface area (Å²) in [6.07, 6.45) is -4.97. The second kappa shape index (κ2) is 13.7. The van der Waals surface area contributed by atoms with Crippen molar-refractivity contribution >= 4 is 42.1 Å². The van der Waals surface area contributed by atoms with Gasteiger partial charge in [-0.3, -0.25) is 0 Å². The van der Waals surface area contributed by atoms with E-state index in [-0.39, 0.29) is 47.0 Å². The number of alkyl halides is 3. The largest absolute Gasteiger partial charge is 0.495 e. The van der Waals surface area contributed by atoms with Crippen molar-refractivity contribution in [3.63, 3.8) is 0 Å². The maximum atomic E-state index is 13.5. The lowest BCUT2D eigenvalue weighted by Gasteiger charge is -2.24. The van der Waals surface area contributed by atoms with Gasteiger partial charge in [0.05, 0.1) is 59.7 Å². The van der Waals surface area contributed by atoms with Crippen molar-refractivity contribution in [2.75, 3.05) is 48.9 Å². The highest BCUT2D eigenvalue weighted by molar-refractivity contribution is 7.91. The lowest BCUT2D eigenvalue weighted by molar-refractivity contribution is -0.140. The summed E-state index contributed by atoms with van der Waals surface area (Å²) in [5, 5.41) is 25.1. The first-order valence-electron chi connectivity index (χ1n) is 13.6. The normalized spacial score (nSPS) is 16.2. The number of aliphatic hydroxyl groups excluding tert-OH is 2. The summed E-state index contributed by atoms with van der Waals surface area (Å²) in [4.78, 5) is -0.146. The first-order valence-corrected chi connectivity index (χ1v) is 16.9. The molecule has 1 aliphatic rings. The summed E-state index contributed by atoms with van der Waals surface area (Å²) in [7, 11) is -5.75. The lowest BCUT2D eigenvalue weighted by Crippen LogP contribution is -2.33. The number of nitrogens with one attached hydrogen (secondary N) is 3. The molecule has 4 rings (SSSR count). The number of anilines is 2. The van der Waals surface area contributed by atoms with E-state index in [9.17, 15) is 35.1 Å². The Labute approximate surface area is 253 Å². The smallest absolute Gasteiger partial charge is 0.406 e. The van der Waals surface area contributed by atoms with Crippen LogP contribution in [0.4, 0.5) is 24.5 Å². The fourth-order valence-corrected chi connectivity index (χ4v) is 7.31. The first-order chi connectivity index (χ1) is 20.7. The van der Waals surface area contributed by atoms with Crippen molar-refractivity contribution in [3.05, 3.63) is 48.2 Å². The number of fused-ring (bicyclic) bond motifs is 1. The topological polar surface area (TPSA) is 159 Å². The average Bonchev–Trinajstić information content (AvgIpc) is 3.31. The third-order valence-electron chi connectivity index (χ3n) is 6.98. The number of aliphatic hydroxyl groups is 2. The predicted octanol–water partition coefficient (Wildman–Crippen LogP) is 2.30. The second-order valence-corrected chi connectivity index (χ2v) is 14.3. The molecule has 1 aromatic heterocycles. The van der Waals surface area contributed by atoms with Gasteiger partial charge in [0.1, 0.15) is 22.1 Å². The van der Waals surface area contributed by atoms with E-state index < -0.39 is 45.3 Å². The van der Waals surface area contributed by atoms with Crippen LogP contribution in [0.3, 0.4) is 0 Å². The molecule has 2 heterocycles. The number of aromatic nitrogens is 1. The number of ether oxygens (including phenoxy) is 1. The van der Waals surface area contributed by atoms with E-state index in [1.807, 2.05) is 0 Å². The fourth-order valence-electron chi connectivity index (χ4n) is 4.73. The fraction of sp³-hybridized carbons (Fsp3) is 0.429. The summed E-state index contributed by atoms with van der Waals surface area (Å²) >= 11 is 0. The summed E-state index contributed by atoms with van der Waals surface area (Å²) in [5.41, 5.74) is 1.43. The van der Waals surface area contributed by atoms with Crippen molar-refractivity contribution < 1.29 is 45.0 Å². The number of halogens is 3. The molecule has 1 atom stereocenters. The number of methoxy groups -OCH3 is 1. The van der Waals surface area contributed by atoms with E-state index >= 15 is 0 Å². The van der Waals surface area contributed by atoms with Crippen LogP contribution >= 0.6 is 0 Å². The molecule has 0 aliphatic carbocycles.